The Morgan fingerprint density at radius 2 is 1.89 bits per heavy atom. The van der Waals surface area contributed by atoms with Crippen LogP contribution in [0.2, 0.25) is 0 Å². The van der Waals surface area contributed by atoms with Gasteiger partial charge in [-0.1, -0.05) is 54.2 Å². The van der Waals surface area contributed by atoms with Crippen LogP contribution in [0.4, 0.5) is 5.69 Å². The number of nitrogens with zero attached hydrogens (tertiary/aromatic N) is 4. The first-order valence-corrected chi connectivity index (χ1v) is 10.1. The molecule has 1 aromatic heterocycles. The van der Waals surface area contributed by atoms with Crippen molar-refractivity contribution >= 4 is 23.4 Å². The van der Waals surface area contributed by atoms with Gasteiger partial charge in [-0.2, -0.15) is 0 Å². The number of carbonyl (C=O) groups excluding carboxylic acids is 1. The van der Waals surface area contributed by atoms with Crippen molar-refractivity contribution in [3.05, 3.63) is 60.2 Å². The Balaban J connectivity index is 1.63. The quantitative estimate of drug-likeness (QED) is 0.620. The van der Waals surface area contributed by atoms with E-state index in [-0.39, 0.29) is 11.9 Å². The van der Waals surface area contributed by atoms with E-state index in [1.165, 1.54) is 11.8 Å². The Labute approximate surface area is 170 Å². The summed E-state index contributed by atoms with van der Waals surface area (Å²) >= 11 is 1.39. The lowest BCUT2D eigenvalue weighted by Gasteiger charge is -2.14. The number of aromatic nitrogens is 3. The fraction of sp³-hybridized carbons (Fsp3) is 0.286. The Kier molecular flexibility index (Phi) is 6.36. The molecule has 1 N–H and O–H groups in total. The third-order valence-electron chi connectivity index (χ3n) is 4.47. The van der Waals surface area contributed by atoms with E-state index in [9.17, 15) is 4.79 Å². The molecule has 0 bridgehead atoms. The van der Waals surface area contributed by atoms with Gasteiger partial charge < -0.3 is 14.8 Å². The van der Waals surface area contributed by atoms with E-state index in [1.54, 1.807) is 0 Å². The summed E-state index contributed by atoms with van der Waals surface area (Å²) in [5.74, 6) is 1.05. The van der Waals surface area contributed by atoms with Crippen LogP contribution in [0.1, 0.15) is 18.5 Å². The molecule has 0 aliphatic heterocycles. The summed E-state index contributed by atoms with van der Waals surface area (Å²) in [6.07, 6.45) is 0. The lowest BCUT2D eigenvalue weighted by molar-refractivity contribution is -0.119. The number of hydrogen-bond donors (Lipinski definition) is 1. The standard InChI is InChI=1S/C21H25N5OS/c1-15(16-9-6-5-7-10-16)22-19(27)14-28-21-24-23-20(26(21)4)17-11-8-12-18(13-17)25(2)3/h5-13,15H,14H2,1-4H3,(H,22,27). The molecule has 3 aromatic rings. The minimum atomic E-state index is -0.0295. The number of hydrogen-bond acceptors (Lipinski definition) is 5. The van der Waals surface area contributed by atoms with Crippen molar-refractivity contribution in [3.8, 4) is 11.4 Å². The van der Waals surface area contributed by atoms with Crippen molar-refractivity contribution in [1.29, 1.82) is 0 Å². The van der Waals surface area contributed by atoms with Crippen LogP contribution < -0.4 is 10.2 Å². The van der Waals surface area contributed by atoms with Gasteiger partial charge in [0.25, 0.3) is 0 Å². The molecule has 0 saturated heterocycles. The molecule has 1 amide bonds. The average molecular weight is 396 g/mol. The molecule has 6 nitrogen and oxygen atoms in total. The number of carbonyl (C=O) groups is 1. The predicted octanol–water partition coefficient (Wildman–Crippen LogP) is 3.52. The van der Waals surface area contributed by atoms with Gasteiger partial charge in [-0.15, -0.1) is 10.2 Å². The largest absolute Gasteiger partial charge is 0.378 e. The average Bonchev–Trinajstić information content (AvgIpc) is 3.07. The van der Waals surface area contributed by atoms with E-state index < -0.39 is 0 Å². The molecule has 1 atom stereocenters. The topological polar surface area (TPSA) is 63.1 Å². The van der Waals surface area contributed by atoms with Gasteiger partial charge in [-0.3, -0.25) is 4.79 Å². The van der Waals surface area contributed by atoms with Crippen LogP contribution >= 0.6 is 11.8 Å². The first-order chi connectivity index (χ1) is 13.5. The second kappa shape index (κ2) is 8.93. The van der Waals surface area contributed by atoms with Crippen LogP contribution in [0, 0.1) is 0 Å². The number of nitrogens with one attached hydrogen (secondary N) is 1. The number of amides is 1. The second-order valence-corrected chi connectivity index (χ2v) is 7.74. The van der Waals surface area contributed by atoms with Crippen LogP contribution in [0.3, 0.4) is 0 Å². The summed E-state index contributed by atoms with van der Waals surface area (Å²) in [5, 5.41) is 12.3. The molecule has 0 spiro atoms. The maximum absolute atomic E-state index is 12.3. The Morgan fingerprint density at radius 3 is 2.61 bits per heavy atom. The van der Waals surface area contributed by atoms with E-state index in [0.717, 1.165) is 22.6 Å². The summed E-state index contributed by atoms with van der Waals surface area (Å²) in [7, 11) is 5.93. The highest BCUT2D eigenvalue weighted by Gasteiger charge is 2.15. The fourth-order valence-corrected chi connectivity index (χ4v) is 3.58. The van der Waals surface area contributed by atoms with Gasteiger partial charge in [0, 0.05) is 32.4 Å². The zero-order valence-electron chi connectivity index (χ0n) is 16.6. The zero-order chi connectivity index (χ0) is 20.1. The highest BCUT2D eigenvalue weighted by molar-refractivity contribution is 7.99. The monoisotopic (exact) mass is 395 g/mol. The molecule has 3 rings (SSSR count). The first-order valence-electron chi connectivity index (χ1n) is 9.10. The molecule has 2 aromatic carbocycles. The van der Waals surface area contributed by atoms with Crippen molar-refractivity contribution in [2.75, 3.05) is 24.7 Å². The highest BCUT2D eigenvalue weighted by Crippen LogP contribution is 2.25. The van der Waals surface area contributed by atoms with Crippen LogP contribution in [-0.2, 0) is 11.8 Å². The molecule has 0 radical (unpaired) electrons. The van der Waals surface area contributed by atoms with Crippen LogP contribution in [0.15, 0.2) is 59.8 Å². The number of anilines is 1. The predicted molar refractivity (Wildman–Crippen MR) is 114 cm³/mol. The Hall–Kier alpha value is -2.80. The molecule has 1 heterocycles. The third kappa shape index (κ3) is 4.72. The molecule has 0 aliphatic rings. The lowest BCUT2D eigenvalue weighted by Crippen LogP contribution is -2.28. The van der Waals surface area contributed by atoms with E-state index in [0.29, 0.717) is 10.9 Å². The van der Waals surface area contributed by atoms with Crippen molar-refractivity contribution in [3.63, 3.8) is 0 Å². The summed E-state index contributed by atoms with van der Waals surface area (Å²) in [6, 6.07) is 18.0. The molecule has 1 unspecified atom stereocenters. The van der Waals surface area contributed by atoms with Gasteiger partial charge in [0.1, 0.15) is 0 Å². The van der Waals surface area contributed by atoms with Crippen molar-refractivity contribution in [1.82, 2.24) is 20.1 Å². The van der Waals surface area contributed by atoms with Crippen molar-refractivity contribution < 1.29 is 4.79 Å². The maximum Gasteiger partial charge on any atom is 0.230 e. The van der Waals surface area contributed by atoms with E-state index in [1.807, 2.05) is 86.1 Å². The SMILES string of the molecule is CC(NC(=O)CSc1nnc(-c2cccc(N(C)C)c2)n1C)c1ccccc1. The second-order valence-electron chi connectivity index (χ2n) is 6.80. The molecule has 0 saturated carbocycles. The molecule has 28 heavy (non-hydrogen) atoms. The van der Waals surface area contributed by atoms with Gasteiger partial charge in [0.05, 0.1) is 11.8 Å². The van der Waals surface area contributed by atoms with Crippen molar-refractivity contribution in [2.45, 2.75) is 18.1 Å². The lowest BCUT2D eigenvalue weighted by atomic mass is 10.1. The summed E-state index contributed by atoms with van der Waals surface area (Å²) < 4.78 is 1.92. The number of benzene rings is 2. The molecule has 0 aliphatic carbocycles. The molecular formula is C21H25N5OS. The van der Waals surface area contributed by atoms with Gasteiger partial charge in [0.2, 0.25) is 5.91 Å². The van der Waals surface area contributed by atoms with Gasteiger partial charge in [-0.05, 0) is 24.6 Å². The number of thioether (sulfide) groups is 1. The van der Waals surface area contributed by atoms with Gasteiger partial charge >= 0.3 is 0 Å². The molecule has 146 valence electrons. The summed E-state index contributed by atoms with van der Waals surface area (Å²) in [5.41, 5.74) is 3.18. The van der Waals surface area contributed by atoms with Crippen molar-refractivity contribution in [2.24, 2.45) is 7.05 Å². The highest BCUT2D eigenvalue weighted by atomic mass is 32.2. The zero-order valence-corrected chi connectivity index (χ0v) is 17.4. The van der Waals surface area contributed by atoms with E-state index >= 15 is 0 Å². The fourth-order valence-electron chi connectivity index (χ4n) is 2.85. The molecule has 0 fully saturated rings. The summed E-state index contributed by atoms with van der Waals surface area (Å²) in [4.78, 5) is 14.4. The van der Waals surface area contributed by atoms with E-state index in [2.05, 4.69) is 21.6 Å². The maximum atomic E-state index is 12.3. The minimum absolute atomic E-state index is 0.0273. The van der Waals surface area contributed by atoms with Crippen LogP contribution in [-0.4, -0.2) is 40.5 Å². The molecular weight excluding hydrogens is 370 g/mol. The molecule has 7 heteroatoms. The Bertz CT molecular complexity index is 939. The normalized spacial score (nSPS) is 11.9. The van der Waals surface area contributed by atoms with Gasteiger partial charge in [-0.25, -0.2) is 0 Å². The van der Waals surface area contributed by atoms with Gasteiger partial charge in [0.15, 0.2) is 11.0 Å². The van der Waals surface area contributed by atoms with E-state index in [4.69, 9.17) is 0 Å². The first kappa shape index (κ1) is 19.9. The van der Waals surface area contributed by atoms with Crippen LogP contribution in [0.5, 0.6) is 0 Å². The van der Waals surface area contributed by atoms with Crippen LogP contribution in [0.25, 0.3) is 11.4 Å². The smallest absolute Gasteiger partial charge is 0.230 e. The summed E-state index contributed by atoms with van der Waals surface area (Å²) in [6.45, 7) is 1.98. The minimum Gasteiger partial charge on any atom is -0.378 e. The Morgan fingerprint density at radius 1 is 1.14 bits per heavy atom. The number of rotatable bonds is 7. The third-order valence-corrected chi connectivity index (χ3v) is 5.49.